The van der Waals surface area contributed by atoms with Gasteiger partial charge in [-0.3, -0.25) is 19.7 Å². The van der Waals surface area contributed by atoms with Crippen LogP contribution < -0.4 is 10.7 Å². The number of hydrogen-bond acceptors (Lipinski definition) is 6. The maximum atomic E-state index is 13.0. The van der Waals surface area contributed by atoms with E-state index in [1.807, 2.05) is 0 Å². The number of carbonyl (C=O) groups is 1. The molecule has 1 aliphatic heterocycles. The summed E-state index contributed by atoms with van der Waals surface area (Å²) < 4.78 is 5.45. The normalized spacial score (nSPS) is 18.6. The number of nitrogens with zero attached hydrogens (tertiary/aromatic N) is 1. The second-order valence-electron chi connectivity index (χ2n) is 6.08. The lowest BCUT2D eigenvalue weighted by Crippen LogP contribution is -2.39. The predicted molar refractivity (Wildman–Crippen MR) is 91.9 cm³/mol. The molecule has 3 aromatic rings. The van der Waals surface area contributed by atoms with Gasteiger partial charge in [0.1, 0.15) is 11.8 Å². The monoisotopic (exact) mass is 352 g/mol. The molecule has 0 aliphatic carbocycles. The van der Waals surface area contributed by atoms with Crippen molar-refractivity contribution in [1.82, 2.24) is 0 Å². The van der Waals surface area contributed by atoms with Crippen molar-refractivity contribution in [2.45, 2.75) is 12.5 Å². The molecular formula is C18H12N2O6. The van der Waals surface area contributed by atoms with Gasteiger partial charge in [-0.2, -0.15) is 0 Å². The highest BCUT2D eigenvalue weighted by Crippen LogP contribution is 2.41. The molecule has 1 aliphatic rings. The van der Waals surface area contributed by atoms with Crippen molar-refractivity contribution < 1.29 is 19.2 Å². The molecule has 1 aromatic heterocycles. The smallest absolute Gasteiger partial charge is 0.269 e. The fourth-order valence-corrected chi connectivity index (χ4v) is 3.25. The highest BCUT2D eigenvalue weighted by Gasteiger charge is 2.50. The van der Waals surface area contributed by atoms with Crippen LogP contribution in [0.4, 0.5) is 11.4 Å². The van der Waals surface area contributed by atoms with Crippen LogP contribution in [0.15, 0.2) is 51.9 Å². The fourth-order valence-electron chi connectivity index (χ4n) is 3.25. The van der Waals surface area contributed by atoms with Crippen molar-refractivity contribution >= 4 is 28.3 Å². The molecule has 8 heteroatoms. The molecule has 0 saturated carbocycles. The Morgan fingerprint density at radius 1 is 1.19 bits per heavy atom. The van der Waals surface area contributed by atoms with E-state index in [9.17, 15) is 24.8 Å². The molecule has 2 aromatic carbocycles. The lowest BCUT2D eigenvalue weighted by atomic mass is 9.87. The minimum atomic E-state index is -2.38. The van der Waals surface area contributed by atoms with Crippen LogP contribution in [0, 0.1) is 17.0 Å². The van der Waals surface area contributed by atoms with Gasteiger partial charge in [0.2, 0.25) is 5.60 Å². The van der Waals surface area contributed by atoms with E-state index < -0.39 is 21.9 Å². The summed E-state index contributed by atoms with van der Waals surface area (Å²) in [4.78, 5) is 35.9. The van der Waals surface area contributed by atoms with E-state index in [1.54, 1.807) is 25.1 Å². The van der Waals surface area contributed by atoms with Crippen molar-refractivity contribution in [2.24, 2.45) is 0 Å². The van der Waals surface area contributed by atoms with Gasteiger partial charge in [0.25, 0.3) is 11.6 Å². The van der Waals surface area contributed by atoms with Gasteiger partial charge >= 0.3 is 0 Å². The van der Waals surface area contributed by atoms with Gasteiger partial charge in [-0.25, -0.2) is 0 Å². The highest BCUT2D eigenvalue weighted by molar-refractivity contribution is 6.07. The van der Waals surface area contributed by atoms with Crippen LogP contribution in [0.3, 0.4) is 0 Å². The molecule has 8 nitrogen and oxygen atoms in total. The Morgan fingerprint density at radius 3 is 2.69 bits per heavy atom. The van der Waals surface area contributed by atoms with Crippen molar-refractivity contribution in [3.8, 4) is 0 Å². The van der Waals surface area contributed by atoms with Crippen LogP contribution in [-0.2, 0) is 10.4 Å². The Bertz CT molecular complexity index is 1170. The second-order valence-corrected chi connectivity index (χ2v) is 6.08. The van der Waals surface area contributed by atoms with Crippen LogP contribution in [-0.4, -0.2) is 15.9 Å². The number of amides is 1. The second kappa shape index (κ2) is 5.24. The Balaban J connectivity index is 2.04. The van der Waals surface area contributed by atoms with Crippen LogP contribution in [0.1, 0.15) is 16.7 Å². The van der Waals surface area contributed by atoms with Crippen molar-refractivity contribution in [2.75, 3.05) is 5.32 Å². The minimum Gasteiger partial charge on any atom is -0.464 e. The number of anilines is 1. The molecule has 26 heavy (non-hydrogen) atoms. The summed E-state index contributed by atoms with van der Waals surface area (Å²) in [5.74, 6) is -0.867. The first-order valence-corrected chi connectivity index (χ1v) is 7.68. The van der Waals surface area contributed by atoms with Crippen molar-refractivity contribution in [3.63, 3.8) is 0 Å². The Kier molecular flexibility index (Phi) is 3.22. The average Bonchev–Trinajstić information content (AvgIpc) is 2.86. The first-order chi connectivity index (χ1) is 12.3. The van der Waals surface area contributed by atoms with E-state index in [2.05, 4.69) is 5.32 Å². The number of rotatable bonds is 2. The summed E-state index contributed by atoms with van der Waals surface area (Å²) in [6.07, 6.45) is 1.03. The maximum Gasteiger partial charge on any atom is 0.269 e. The van der Waals surface area contributed by atoms with Crippen LogP contribution in [0.25, 0.3) is 11.0 Å². The Morgan fingerprint density at radius 2 is 1.96 bits per heavy atom. The number of aryl methyl sites for hydroxylation is 1. The van der Waals surface area contributed by atoms with Gasteiger partial charge in [-0.05, 0) is 24.6 Å². The quantitative estimate of drug-likeness (QED) is 0.538. The lowest BCUT2D eigenvalue weighted by molar-refractivity contribution is -0.385. The molecule has 2 heterocycles. The van der Waals surface area contributed by atoms with E-state index in [-0.39, 0.29) is 27.9 Å². The zero-order valence-electron chi connectivity index (χ0n) is 13.5. The standard InChI is InChI=1S/C18H12N2O6/c1-9-3-2-4-14-15(9)16(21)12(8-26-14)18(23)11-7-10(20(24)25)5-6-13(11)19-17(18)22/h2-8,23H,1H3,(H,19,22). The van der Waals surface area contributed by atoms with Gasteiger partial charge in [0.05, 0.1) is 15.9 Å². The predicted octanol–water partition coefficient (Wildman–Crippen LogP) is 2.20. The lowest BCUT2D eigenvalue weighted by Gasteiger charge is -2.20. The molecule has 0 spiro atoms. The summed E-state index contributed by atoms with van der Waals surface area (Å²) in [7, 11) is 0. The maximum absolute atomic E-state index is 13.0. The Labute approximate surface area is 145 Å². The van der Waals surface area contributed by atoms with Gasteiger partial charge in [-0.1, -0.05) is 12.1 Å². The summed E-state index contributed by atoms with van der Waals surface area (Å²) in [6, 6.07) is 8.63. The molecular weight excluding hydrogens is 340 g/mol. The van der Waals surface area contributed by atoms with Gasteiger partial charge in [0, 0.05) is 23.4 Å². The molecule has 4 rings (SSSR count). The van der Waals surface area contributed by atoms with Crippen molar-refractivity contribution in [3.05, 3.63) is 79.7 Å². The molecule has 0 saturated heterocycles. The minimum absolute atomic E-state index is 0.0584. The number of nitro benzene ring substituents is 1. The van der Waals surface area contributed by atoms with E-state index in [1.165, 1.54) is 12.1 Å². The molecule has 0 bridgehead atoms. The molecule has 1 unspecified atom stereocenters. The zero-order valence-corrected chi connectivity index (χ0v) is 13.5. The first-order valence-electron chi connectivity index (χ1n) is 7.68. The number of benzene rings is 2. The van der Waals surface area contributed by atoms with Crippen LogP contribution in [0.2, 0.25) is 0 Å². The largest absolute Gasteiger partial charge is 0.464 e. The number of nitro groups is 1. The molecule has 1 atom stereocenters. The highest BCUT2D eigenvalue weighted by atomic mass is 16.6. The topological polar surface area (TPSA) is 123 Å². The number of hydrogen-bond donors (Lipinski definition) is 2. The van der Waals surface area contributed by atoms with Crippen LogP contribution >= 0.6 is 0 Å². The molecule has 0 fully saturated rings. The van der Waals surface area contributed by atoms with Crippen molar-refractivity contribution in [1.29, 1.82) is 0 Å². The van der Waals surface area contributed by atoms with E-state index in [0.29, 0.717) is 11.1 Å². The van der Waals surface area contributed by atoms with Gasteiger partial charge in [0.15, 0.2) is 5.43 Å². The first kappa shape index (κ1) is 16.0. The summed E-state index contributed by atoms with van der Waals surface area (Å²) in [5.41, 5.74) is -2.46. The fraction of sp³-hybridized carbons (Fsp3) is 0.111. The number of carbonyl (C=O) groups excluding carboxylic acids is 1. The number of fused-ring (bicyclic) bond motifs is 2. The molecule has 2 N–H and O–H groups in total. The van der Waals surface area contributed by atoms with E-state index >= 15 is 0 Å². The number of non-ortho nitro benzene ring substituents is 1. The van der Waals surface area contributed by atoms with E-state index in [4.69, 9.17) is 4.42 Å². The number of nitrogens with one attached hydrogen (secondary N) is 1. The Hall–Kier alpha value is -3.52. The van der Waals surface area contributed by atoms with E-state index in [0.717, 1.165) is 12.3 Å². The summed E-state index contributed by atoms with van der Waals surface area (Å²) in [6.45, 7) is 1.71. The van der Waals surface area contributed by atoms with Gasteiger partial charge < -0.3 is 14.8 Å². The SMILES string of the molecule is Cc1cccc2occ(C3(O)C(=O)Nc4ccc([N+](=O)[O-])cc43)c(=O)c12. The summed E-state index contributed by atoms with van der Waals surface area (Å²) >= 11 is 0. The summed E-state index contributed by atoms with van der Waals surface area (Å²) in [5, 5.41) is 24.9. The molecule has 130 valence electrons. The third-order valence-corrected chi connectivity index (χ3v) is 4.58. The van der Waals surface area contributed by atoms with Gasteiger partial charge in [-0.15, -0.1) is 0 Å². The zero-order chi connectivity index (χ0) is 18.6. The van der Waals surface area contributed by atoms with Crippen LogP contribution in [0.5, 0.6) is 0 Å². The third kappa shape index (κ3) is 1.99. The number of aliphatic hydroxyl groups is 1. The third-order valence-electron chi connectivity index (χ3n) is 4.58. The molecule has 0 radical (unpaired) electrons. The average molecular weight is 352 g/mol. The molecule has 1 amide bonds.